The minimum absolute atomic E-state index is 0.0483. The van der Waals surface area contributed by atoms with Crippen LogP contribution in [0.3, 0.4) is 0 Å². The van der Waals surface area contributed by atoms with Gasteiger partial charge in [0.25, 0.3) is 0 Å². The van der Waals surface area contributed by atoms with Crippen LogP contribution in [-0.2, 0) is 11.3 Å². The number of nitrogens with zero attached hydrogens (tertiary/aromatic N) is 4. The Morgan fingerprint density at radius 1 is 1.29 bits per heavy atom. The van der Waals surface area contributed by atoms with E-state index < -0.39 is 0 Å². The van der Waals surface area contributed by atoms with Crippen LogP contribution in [0.1, 0.15) is 11.1 Å². The summed E-state index contributed by atoms with van der Waals surface area (Å²) >= 11 is 6.15. The molecule has 0 bridgehead atoms. The highest BCUT2D eigenvalue weighted by Crippen LogP contribution is 2.25. The van der Waals surface area contributed by atoms with Crippen molar-refractivity contribution in [1.29, 1.82) is 5.26 Å². The van der Waals surface area contributed by atoms with Gasteiger partial charge in [0.15, 0.2) is 0 Å². The van der Waals surface area contributed by atoms with Crippen molar-refractivity contribution in [1.82, 2.24) is 9.88 Å². The highest BCUT2D eigenvalue weighted by Gasteiger charge is 2.26. The zero-order valence-electron chi connectivity index (χ0n) is 12.7. The lowest BCUT2D eigenvalue weighted by molar-refractivity contribution is -0.131. The molecule has 1 aliphatic rings. The van der Waals surface area contributed by atoms with Gasteiger partial charge in [0.1, 0.15) is 17.7 Å². The van der Waals surface area contributed by atoms with E-state index >= 15 is 0 Å². The molecule has 1 aliphatic heterocycles. The van der Waals surface area contributed by atoms with Crippen molar-refractivity contribution in [2.24, 2.45) is 0 Å². The van der Waals surface area contributed by atoms with Crippen LogP contribution in [0.15, 0.2) is 36.5 Å². The van der Waals surface area contributed by atoms with Gasteiger partial charge in [-0.15, -0.1) is 0 Å². The van der Waals surface area contributed by atoms with E-state index in [9.17, 15) is 9.18 Å². The molecule has 2 heterocycles. The molecule has 1 amide bonds. The Labute approximate surface area is 143 Å². The summed E-state index contributed by atoms with van der Waals surface area (Å²) in [5.41, 5.74) is 1.26. The number of aromatic nitrogens is 1. The van der Waals surface area contributed by atoms with Gasteiger partial charge < -0.3 is 9.80 Å². The fraction of sp³-hybridized carbons (Fsp3) is 0.235. The van der Waals surface area contributed by atoms with Gasteiger partial charge >= 0.3 is 0 Å². The second kappa shape index (κ2) is 6.85. The first-order chi connectivity index (χ1) is 11.6. The first-order valence-corrected chi connectivity index (χ1v) is 7.77. The maximum atomic E-state index is 12.9. The van der Waals surface area contributed by atoms with E-state index in [1.54, 1.807) is 28.0 Å². The summed E-state index contributed by atoms with van der Waals surface area (Å²) in [4.78, 5) is 20.1. The van der Waals surface area contributed by atoms with Crippen molar-refractivity contribution < 1.29 is 9.18 Å². The molecular weight excluding hydrogens is 331 g/mol. The lowest BCUT2D eigenvalue weighted by Crippen LogP contribution is -2.50. The number of hydrogen-bond acceptors (Lipinski definition) is 4. The monoisotopic (exact) mass is 344 g/mol. The summed E-state index contributed by atoms with van der Waals surface area (Å²) < 4.78 is 12.9. The third-order valence-electron chi connectivity index (χ3n) is 3.86. The summed E-state index contributed by atoms with van der Waals surface area (Å²) in [5.74, 6) is 0.162. The molecule has 1 aromatic carbocycles. The van der Waals surface area contributed by atoms with Crippen molar-refractivity contribution in [2.75, 3.05) is 24.5 Å². The van der Waals surface area contributed by atoms with E-state index in [1.807, 2.05) is 6.07 Å². The van der Waals surface area contributed by atoms with Gasteiger partial charge in [-0.3, -0.25) is 4.79 Å². The number of nitriles is 1. The summed E-state index contributed by atoms with van der Waals surface area (Å²) in [6, 6.07) is 9.64. The van der Waals surface area contributed by atoms with Crippen molar-refractivity contribution in [3.63, 3.8) is 0 Å². The third-order valence-corrected chi connectivity index (χ3v) is 4.13. The number of amides is 1. The number of benzene rings is 1. The van der Waals surface area contributed by atoms with Crippen LogP contribution in [0.2, 0.25) is 5.02 Å². The number of rotatable bonds is 3. The van der Waals surface area contributed by atoms with Crippen molar-refractivity contribution >= 4 is 23.3 Å². The second-order valence-electron chi connectivity index (χ2n) is 5.50. The molecule has 7 heteroatoms. The van der Waals surface area contributed by atoms with Gasteiger partial charge in [-0.25, -0.2) is 9.37 Å². The molecule has 1 aromatic heterocycles. The van der Waals surface area contributed by atoms with Gasteiger partial charge in [0.2, 0.25) is 5.91 Å². The van der Waals surface area contributed by atoms with Crippen molar-refractivity contribution in [2.45, 2.75) is 6.54 Å². The summed E-state index contributed by atoms with van der Waals surface area (Å²) in [6.45, 7) is 1.72. The Balaban J connectivity index is 1.68. The van der Waals surface area contributed by atoms with E-state index in [4.69, 9.17) is 16.9 Å². The number of hydrogen-bond donors (Lipinski definition) is 0. The van der Waals surface area contributed by atoms with E-state index in [1.165, 1.54) is 18.3 Å². The normalized spacial score (nSPS) is 14.6. The molecule has 0 atom stereocenters. The quantitative estimate of drug-likeness (QED) is 0.858. The van der Waals surface area contributed by atoms with Crippen molar-refractivity contribution in [3.05, 3.63) is 58.5 Å². The minimum Gasteiger partial charge on any atom is -0.344 e. The largest absolute Gasteiger partial charge is 0.344 e. The Morgan fingerprint density at radius 2 is 2.04 bits per heavy atom. The van der Waals surface area contributed by atoms with E-state index in [0.29, 0.717) is 36.0 Å². The molecule has 0 N–H and O–H groups in total. The number of piperazine rings is 1. The van der Waals surface area contributed by atoms with Crippen molar-refractivity contribution in [3.8, 4) is 6.07 Å². The number of carbonyl (C=O) groups is 1. The molecular formula is C17H14ClFN4O. The van der Waals surface area contributed by atoms with E-state index in [2.05, 4.69) is 4.98 Å². The van der Waals surface area contributed by atoms with E-state index in [0.717, 1.165) is 5.56 Å². The molecule has 2 aromatic rings. The molecule has 0 radical (unpaired) electrons. The SMILES string of the molecule is N#Cc1cnc(N2CCN(Cc3ccc(F)cc3)C(=O)C2)c(Cl)c1. The van der Waals surface area contributed by atoms with Crippen LogP contribution in [0.25, 0.3) is 0 Å². The Hall–Kier alpha value is -2.65. The molecule has 5 nitrogen and oxygen atoms in total. The van der Waals surface area contributed by atoms with Gasteiger partial charge in [0.05, 0.1) is 17.1 Å². The zero-order valence-corrected chi connectivity index (χ0v) is 13.5. The molecule has 3 rings (SSSR count). The third kappa shape index (κ3) is 3.47. The number of halogens is 2. The standard InChI is InChI=1S/C17H14ClFN4O/c18-15-7-13(8-20)9-21-17(15)23-6-5-22(16(24)11-23)10-12-1-3-14(19)4-2-12/h1-4,7,9H,5-6,10-11H2. The number of anilines is 1. The van der Waals surface area contributed by atoms with E-state index in [-0.39, 0.29) is 18.3 Å². The molecule has 122 valence electrons. The molecule has 1 saturated heterocycles. The smallest absolute Gasteiger partial charge is 0.242 e. The lowest BCUT2D eigenvalue weighted by Gasteiger charge is -2.35. The summed E-state index contributed by atoms with van der Waals surface area (Å²) in [5, 5.41) is 9.21. The Bertz CT molecular complexity index is 803. The van der Waals surface area contributed by atoms with Crippen LogP contribution >= 0.6 is 11.6 Å². The molecule has 1 fully saturated rings. The number of carbonyl (C=O) groups excluding carboxylic acids is 1. The number of pyridine rings is 1. The molecule has 0 unspecified atom stereocenters. The first-order valence-electron chi connectivity index (χ1n) is 7.39. The van der Waals surface area contributed by atoms with Crippen LogP contribution in [0.4, 0.5) is 10.2 Å². The fourth-order valence-corrected chi connectivity index (χ4v) is 2.88. The molecule has 24 heavy (non-hydrogen) atoms. The highest BCUT2D eigenvalue weighted by atomic mass is 35.5. The van der Waals surface area contributed by atoms with Crippen LogP contribution in [0.5, 0.6) is 0 Å². The van der Waals surface area contributed by atoms with Gasteiger partial charge in [0, 0.05) is 25.8 Å². The predicted molar refractivity (Wildman–Crippen MR) is 88.0 cm³/mol. The Kier molecular flexibility index (Phi) is 4.63. The predicted octanol–water partition coefficient (Wildman–Crippen LogP) is 2.59. The lowest BCUT2D eigenvalue weighted by atomic mass is 10.2. The van der Waals surface area contributed by atoms with Crippen LogP contribution < -0.4 is 4.90 Å². The van der Waals surface area contributed by atoms with Gasteiger partial charge in [-0.05, 0) is 23.8 Å². The molecule has 0 spiro atoms. The fourth-order valence-electron chi connectivity index (χ4n) is 2.59. The minimum atomic E-state index is -0.295. The molecule has 0 saturated carbocycles. The van der Waals surface area contributed by atoms with Crippen LogP contribution in [-0.4, -0.2) is 35.4 Å². The molecule has 0 aliphatic carbocycles. The first kappa shape index (κ1) is 16.2. The Morgan fingerprint density at radius 3 is 2.67 bits per heavy atom. The topological polar surface area (TPSA) is 60.2 Å². The average Bonchev–Trinajstić information content (AvgIpc) is 2.58. The maximum absolute atomic E-state index is 12.9. The second-order valence-corrected chi connectivity index (χ2v) is 5.91. The highest BCUT2D eigenvalue weighted by molar-refractivity contribution is 6.33. The average molecular weight is 345 g/mol. The van der Waals surface area contributed by atoms with Crippen LogP contribution in [0, 0.1) is 17.1 Å². The van der Waals surface area contributed by atoms with Gasteiger partial charge in [-0.2, -0.15) is 5.26 Å². The summed E-state index contributed by atoms with van der Waals surface area (Å²) in [7, 11) is 0. The zero-order chi connectivity index (χ0) is 17.1. The summed E-state index contributed by atoms with van der Waals surface area (Å²) in [6.07, 6.45) is 1.44. The van der Waals surface area contributed by atoms with Gasteiger partial charge in [-0.1, -0.05) is 23.7 Å². The maximum Gasteiger partial charge on any atom is 0.242 e.